The summed E-state index contributed by atoms with van der Waals surface area (Å²) in [5.41, 5.74) is 5.27. The van der Waals surface area contributed by atoms with E-state index < -0.39 is 4.92 Å². The summed E-state index contributed by atoms with van der Waals surface area (Å²) >= 11 is 0. The quantitative estimate of drug-likeness (QED) is 0.625. The largest absolute Gasteiger partial charge is 0.478 e. The number of nitrogens with zero attached hydrogens (tertiary/aromatic N) is 2. The highest BCUT2D eigenvalue weighted by atomic mass is 16.6. The van der Waals surface area contributed by atoms with Crippen molar-refractivity contribution in [3.63, 3.8) is 0 Å². The number of rotatable bonds is 5. The van der Waals surface area contributed by atoms with Crippen molar-refractivity contribution in [2.24, 2.45) is 5.92 Å². The van der Waals surface area contributed by atoms with Gasteiger partial charge >= 0.3 is 5.69 Å². The van der Waals surface area contributed by atoms with Gasteiger partial charge in [0.15, 0.2) is 0 Å². The zero-order chi connectivity index (χ0) is 12.3. The van der Waals surface area contributed by atoms with Gasteiger partial charge in [0, 0.05) is 12.1 Å². The van der Waals surface area contributed by atoms with E-state index in [2.05, 4.69) is 4.98 Å². The lowest BCUT2D eigenvalue weighted by molar-refractivity contribution is -0.384. The van der Waals surface area contributed by atoms with E-state index in [0.717, 1.165) is 12.3 Å². The highest BCUT2D eigenvalue weighted by Crippen LogP contribution is 2.29. The van der Waals surface area contributed by atoms with Crippen LogP contribution in [0.1, 0.15) is 25.7 Å². The molecule has 0 radical (unpaired) electrons. The smallest absolute Gasteiger partial charge is 0.311 e. The first-order chi connectivity index (χ1) is 8.16. The molecule has 1 saturated carbocycles. The van der Waals surface area contributed by atoms with Gasteiger partial charge in [-0.25, -0.2) is 0 Å². The summed E-state index contributed by atoms with van der Waals surface area (Å²) in [6.07, 6.45) is 4.88. The molecule has 1 aliphatic carbocycles. The zero-order valence-electron chi connectivity index (χ0n) is 9.46. The summed E-state index contributed by atoms with van der Waals surface area (Å²) in [7, 11) is 0. The number of ether oxygens (including phenoxy) is 1. The first-order valence-corrected chi connectivity index (χ1v) is 5.70. The predicted molar refractivity (Wildman–Crippen MR) is 62.8 cm³/mol. The van der Waals surface area contributed by atoms with E-state index in [1.165, 1.54) is 31.4 Å². The van der Waals surface area contributed by atoms with Crippen LogP contribution in [-0.2, 0) is 0 Å². The summed E-state index contributed by atoms with van der Waals surface area (Å²) in [5.74, 6) is 1.02. The summed E-state index contributed by atoms with van der Waals surface area (Å²) in [6, 6.07) is 2.80. The van der Waals surface area contributed by atoms with Crippen LogP contribution in [0.25, 0.3) is 0 Å². The molecule has 0 bridgehead atoms. The molecule has 1 heterocycles. The first-order valence-electron chi connectivity index (χ1n) is 5.70. The van der Waals surface area contributed by atoms with Crippen molar-refractivity contribution in [2.75, 3.05) is 12.3 Å². The normalized spacial score (nSPS) is 15.3. The van der Waals surface area contributed by atoms with E-state index in [0.29, 0.717) is 12.5 Å². The van der Waals surface area contributed by atoms with E-state index in [1.54, 1.807) is 0 Å². The van der Waals surface area contributed by atoms with Crippen LogP contribution in [-0.4, -0.2) is 16.5 Å². The molecule has 1 aliphatic rings. The van der Waals surface area contributed by atoms with Gasteiger partial charge in [0.1, 0.15) is 0 Å². The molecule has 92 valence electrons. The Labute approximate surface area is 98.9 Å². The van der Waals surface area contributed by atoms with Crippen molar-refractivity contribution in [1.29, 1.82) is 0 Å². The zero-order valence-corrected chi connectivity index (χ0v) is 9.46. The number of aromatic nitrogens is 1. The Bertz CT molecular complexity index is 418. The Morgan fingerprint density at radius 2 is 2.29 bits per heavy atom. The van der Waals surface area contributed by atoms with E-state index in [9.17, 15) is 10.1 Å². The maximum absolute atomic E-state index is 10.5. The number of hydrogen-bond acceptors (Lipinski definition) is 5. The minimum atomic E-state index is -0.555. The van der Waals surface area contributed by atoms with E-state index in [-0.39, 0.29) is 11.5 Å². The molecule has 0 amide bonds. The monoisotopic (exact) mass is 237 g/mol. The lowest BCUT2D eigenvalue weighted by atomic mass is 9.83. The standard InChI is InChI=1S/C11H15N3O3/c12-11-9(14(15)16)4-5-10(13-11)17-7-6-8-2-1-3-8/h4-5,8H,1-3,6-7H2,(H2,12,13). The molecule has 0 atom stereocenters. The summed E-state index contributed by atoms with van der Waals surface area (Å²) < 4.78 is 5.41. The SMILES string of the molecule is Nc1nc(OCCC2CCC2)ccc1[N+](=O)[O-]. The average molecular weight is 237 g/mol. The third-order valence-corrected chi connectivity index (χ3v) is 3.07. The molecule has 1 aromatic heterocycles. The van der Waals surface area contributed by atoms with Gasteiger partial charge in [-0.1, -0.05) is 19.3 Å². The van der Waals surface area contributed by atoms with Gasteiger partial charge in [-0.15, -0.1) is 0 Å². The first kappa shape index (κ1) is 11.6. The fraction of sp³-hybridized carbons (Fsp3) is 0.545. The van der Waals surface area contributed by atoms with Crippen LogP contribution in [0.2, 0.25) is 0 Å². The molecule has 0 saturated heterocycles. The number of anilines is 1. The van der Waals surface area contributed by atoms with Crippen molar-refractivity contribution >= 4 is 11.5 Å². The van der Waals surface area contributed by atoms with Crippen molar-refractivity contribution in [3.8, 4) is 5.88 Å². The molecule has 0 aliphatic heterocycles. The Morgan fingerprint density at radius 3 is 2.82 bits per heavy atom. The number of nitro groups is 1. The second kappa shape index (κ2) is 4.99. The number of nitrogen functional groups attached to an aromatic ring is 1. The van der Waals surface area contributed by atoms with Crippen LogP contribution < -0.4 is 10.5 Å². The fourth-order valence-electron chi connectivity index (χ4n) is 1.80. The minimum absolute atomic E-state index is 0.101. The summed E-state index contributed by atoms with van der Waals surface area (Å²) in [4.78, 5) is 13.8. The van der Waals surface area contributed by atoms with E-state index in [4.69, 9.17) is 10.5 Å². The van der Waals surface area contributed by atoms with Crippen molar-refractivity contribution in [3.05, 3.63) is 22.2 Å². The topological polar surface area (TPSA) is 91.3 Å². The highest BCUT2D eigenvalue weighted by Gasteiger charge is 2.17. The lowest BCUT2D eigenvalue weighted by Gasteiger charge is -2.24. The van der Waals surface area contributed by atoms with Crippen LogP contribution in [0.3, 0.4) is 0 Å². The summed E-state index contributed by atoms with van der Waals surface area (Å²) in [6.45, 7) is 0.592. The molecule has 2 N–H and O–H groups in total. The van der Waals surface area contributed by atoms with Crippen molar-refractivity contribution < 1.29 is 9.66 Å². The Hall–Kier alpha value is -1.85. The van der Waals surface area contributed by atoms with Crippen LogP contribution in [0.15, 0.2) is 12.1 Å². The van der Waals surface area contributed by atoms with Crippen LogP contribution in [0.5, 0.6) is 5.88 Å². The second-order valence-corrected chi connectivity index (χ2v) is 4.25. The van der Waals surface area contributed by atoms with Crippen LogP contribution >= 0.6 is 0 Å². The molecule has 0 aromatic carbocycles. The van der Waals surface area contributed by atoms with Gasteiger partial charge < -0.3 is 10.5 Å². The average Bonchev–Trinajstić information content (AvgIpc) is 2.21. The highest BCUT2D eigenvalue weighted by molar-refractivity contribution is 5.53. The molecule has 17 heavy (non-hydrogen) atoms. The van der Waals surface area contributed by atoms with E-state index >= 15 is 0 Å². The van der Waals surface area contributed by atoms with E-state index in [1.807, 2.05) is 0 Å². The minimum Gasteiger partial charge on any atom is -0.478 e. The van der Waals surface area contributed by atoms with Crippen molar-refractivity contribution in [1.82, 2.24) is 4.98 Å². The van der Waals surface area contributed by atoms with Gasteiger partial charge in [-0.3, -0.25) is 10.1 Å². The van der Waals surface area contributed by atoms with Gasteiger partial charge in [0.25, 0.3) is 0 Å². The molecule has 1 aromatic rings. The number of hydrogen-bond donors (Lipinski definition) is 1. The molecule has 0 unspecified atom stereocenters. The molecule has 1 fully saturated rings. The Balaban J connectivity index is 1.88. The Kier molecular flexibility index (Phi) is 3.41. The maximum atomic E-state index is 10.5. The van der Waals surface area contributed by atoms with Gasteiger partial charge in [-0.05, 0) is 12.3 Å². The lowest BCUT2D eigenvalue weighted by Crippen LogP contribution is -2.14. The fourth-order valence-corrected chi connectivity index (χ4v) is 1.80. The molecule has 6 nitrogen and oxygen atoms in total. The number of pyridine rings is 1. The van der Waals surface area contributed by atoms with Crippen molar-refractivity contribution in [2.45, 2.75) is 25.7 Å². The Morgan fingerprint density at radius 1 is 1.53 bits per heavy atom. The second-order valence-electron chi connectivity index (χ2n) is 4.25. The third-order valence-electron chi connectivity index (χ3n) is 3.07. The van der Waals surface area contributed by atoms with Crippen LogP contribution in [0.4, 0.5) is 11.5 Å². The third kappa shape index (κ3) is 2.83. The predicted octanol–water partition coefficient (Wildman–Crippen LogP) is 2.14. The molecule has 2 rings (SSSR count). The van der Waals surface area contributed by atoms with Gasteiger partial charge in [0.2, 0.25) is 11.7 Å². The molecule has 0 spiro atoms. The molecule has 6 heteroatoms. The maximum Gasteiger partial charge on any atom is 0.311 e. The van der Waals surface area contributed by atoms with Gasteiger partial charge in [0.05, 0.1) is 11.5 Å². The molecular formula is C11H15N3O3. The van der Waals surface area contributed by atoms with Crippen LogP contribution in [0, 0.1) is 16.0 Å². The summed E-state index contributed by atoms with van der Waals surface area (Å²) in [5, 5.41) is 10.5. The molecular weight excluding hydrogens is 222 g/mol. The van der Waals surface area contributed by atoms with Gasteiger partial charge in [-0.2, -0.15) is 4.98 Å². The number of nitrogens with two attached hydrogens (primary N) is 1.